The molecule has 29 heavy (non-hydrogen) atoms. The molecule has 2 N–H and O–H groups in total. The van der Waals surface area contributed by atoms with Crippen LogP contribution in [-0.4, -0.2) is 42.0 Å². The molecule has 3 amide bonds. The first-order valence-corrected chi connectivity index (χ1v) is 8.37. The summed E-state index contributed by atoms with van der Waals surface area (Å²) in [7, 11) is 1.41. The standard InChI is InChI=1S/C19H17F2N3O5/c1-19(12-4-6-13(7-5-12)29-17(20)21)16(26)24(18(27)23-19)22-10-11-3-8-15(28-2)14(25)9-11/h3-10,17,25H,1-2H3,(H,23,27)/b22-10-/t19-/m1/s1. The van der Waals surface area contributed by atoms with E-state index < -0.39 is 24.1 Å². The minimum absolute atomic E-state index is 0.0710. The van der Waals surface area contributed by atoms with E-state index >= 15 is 0 Å². The van der Waals surface area contributed by atoms with Crippen molar-refractivity contribution >= 4 is 18.2 Å². The SMILES string of the molecule is COc1ccc(/C=N\N2C(=O)N[C@](C)(c3ccc(OC(F)F)cc3)C2=O)cc1O. The maximum atomic E-state index is 12.8. The minimum atomic E-state index is -2.97. The fraction of sp³-hybridized carbons (Fsp3) is 0.211. The monoisotopic (exact) mass is 405 g/mol. The Kier molecular flexibility index (Phi) is 5.35. The molecule has 0 spiro atoms. The molecule has 0 unspecified atom stereocenters. The largest absolute Gasteiger partial charge is 0.504 e. The molecule has 3 rings (SSSR count). The Morgan fingerprint density at radius 2 is 1.90 bits per heavy atom. The molecule has 8 nitrogen and oxygen atoms in total. The Morgan fingerprint density at radius 3 is 2.48 bits per heavy atom. The second kappa shape index (κ2) is 7.74. The summed E-state index contributed by atoms with van der Waals surface area (Å²) in [6.07, 6.45) is 1.24. The molecule has 0 aliphatic carbocycles. The van der Waals surface area contributed by atoms with E-state index in [1.807, 2.05) is 0 Å². The third-order valence-electron chi connectivity index (χ3n) is 4.35. The normalized spacial score (nSPS) is 19.1. The molecule has 1 aliphatic rings. The second-order valence-electron chi connectivity index (χ2n) is 6.25. The van der Waals surface area contributed by atoms with Crippen molar-refractivity contribution in [2.24, 2.45) is 5.10 Å². The van der Waals surface area contributed by atoms with Crippen LogP contribution in [0.3, 0.4) is 0 Å². The molecular weight excluding hydrogens is 388 g/mol. The zero-order valence-corrected chi connectivity index (χ0v) is 15.4. The number of nitrogens with one attached hydrogen (secondary N) is 1. The number of benzene rings is 2. The maximum Gasteiger partial charge on any atom is 0.387 e. The van der Waals surface area contributed by atoms with Crippen LogP contribution < -0.4 is 14.8 Å². The van der Waals surface area contributed by atoms with Gasteiger partial charge < -0.3 is 19.9 Å². The Bertz CT molecular complexity index is 965. The van der Waals surface area contributed by atoms with Crippen LogP contribution >= 0.6 is 0 Å². The van der Waals surface area contributed by atoms with Crippen LogP contribution in [-0.2, 0) is 10.3 Å². The fourth-order valence-electron chi connectivity index (χ4n) is 2.81. The van der Waals surface area contributed by atoms with Gasteiger partial charge in [-0.15, -0.1) is 5.01 Å². The number of urea groups is 1. The van der Waals surface area contributed by atoms with E-state index in [-0.39, 0.29) is 17.2 Å². The number of phenols is 1. The van der Waals surface area contributed by atoms with E-state index in [9.17, 15) is 23.5 Å². The molecule has 2 aromatic rings. The molecule has 1 atom stereocenters. The highest BCUT2D eigenvalue weighted by Gasteiger charge is 2.49. The molecule has 1 aliphatic heterocycles. The summed E-state index contributed by atoms with van der Waals surface area (Å²) in [6, 6.07) is 9.07. The van der Waals surface area contributed by atoms with E-state index in [0.717, 1.165) is 0 Å². The van der Waals surface area contributed by atoms with Gasteiger partial charge in [0, 0.05) is 0 Å². The first-order chi connectivity index (χ1) is 13.7. The summed E-state index contributed by atoms with van der Waals surface area (Å²) < 4.78 is 33.8. The molecule has 0 bridgehead atoms. The van der Waals surface area contributed by atoms with Crippen LogP contribution in [0.2, 0.25) is 0 Å². The molecule has 10 heteroatoms. The van der Waals surface area contributed by atoms with Gasteiger partial charge in [0.1, 0.15) is 11.3 Å². The number of alkyl halides is 2. The number of phenolic OH excluding ortho intramolecular Hbond substituents is 1. The van der Waals surface area contributed by atoms with Gasteiger partial charge in [0.2, 0.25) is 0 Å². The number of ether oxygens (including phenoxy) is 2. The number of amides is 3. The van der Waals surface area contributed by atoms with Gasteiger partial charge >= 0.3 is 12.6 Å². The predicted molar refractivity (Wildman–Crippen MR) is 98.1 cm³/mol. The van der Waals surface area contributed by atoms with E-state index in [1.54, 1.807) is 6.07 Å². The van der Waals surface area contributed by atoms with Crippen LogP contribution in [0, 0.1) is 0 Å². The van der Waals surface area contributed by atoms with Crippen LogP contribution in [0.25, 0.3) is 0 Å². The van der Waals surface area contributed by atoms with Crippen molar-refractivity contribution in [1.82, 2.24) is 10.3 Å². The van der Waals surface area contributed by atoms with Crippen molar-refractivity contribution in [3.8, 4) is 17.2 Å². The van der Waals surface area contributed by atoms with Crippen molar-refractivity contribution in [2.75, 3.05) is 7.11 Å². The Balaban J connectivity index is 1.80. The van der Waals surface area contributed by atoms with E-state index in [2.05, 4.69) is 15.2 Å². The van der Waals surface area contributed by atoms with Crippen molar-refractivity contribution in [2.45, 2.75) is 19.1 Å². The molecule has 0 saturated carbocycles. The van der Waals surface area contributed by atoms with Gasteiger partial charge in [0.25, 0.3) is 5.91 Å². The lowest BCUT2D eigenvalue weighted by molar-refractivity contribution is -0.131. The molecule has 1 fully saturated rings. The first-order valence-electron chi connectivity index (χ1n) is 8.37. The number of methoxy groups -OCH3 is 1. The number of carbonyl (C=O) groups is 2. The Morgan fingerprint density at radius 1 is 1.21 bits per heavy atom. The third-order valence-corrected chi connectivity index (χ3v) is 4.35. The highest BCUT2D eigenvalue weighted by Crippen LogP contribution is 2.31. The van der Waals surface area contributed by atoms with Gasteiger partial charge in [-0.2, -0.15) is 13.9 Å². The van der Waals surface area contributed by atoms with Crippen LogP contribution in [0.1, 0.15) is 18.1 Å². The van der Waals surface area contributed by atoms with E-state index in [4.69, 9.17) is 4.74 Å². The van der Waals surface area contributed by atoms with Crippen molar-refractivity contribution in [3.05, 3.63) is 53.6 Å². The summed E-state index contributed by atoms with van der Waals surface area (Å²) >= 11 is 0. The van der Waals surface area contributed by atoms with Crippen LogP contribution in [0.15, 0.2) is 47.6 Å². The van der Waals surface area contributed by atoms with Crippen LogP contribution in [0.4, 0.5) is 13.6 Å². The van der Waals surface area contributed by atoms with Crippen molar-refractivity contribution in [3.63, 3.8) is 0 Å². The Hall–Kier alpha value is -3.69. The molecule has 1 saturated heterocycles. The number of halogens is 2. The number of carbonyl (C=O) groups excluding carboxylic acids is 2. The maximum absolute atomic E-state index is 12.8. The van der Waals surface area contributed by atoms with Gasteiger partial charge in [0.15, 0.2) is 11.5 Å². The molecule has 1 heterocycles. The summed E-state index contributed by atoms with van der Waals surface area (Å²) in [4.78, 5) is 25.1. The lowest BCUT2D eigenvalue weighted by Gasteiger charge is -2.21. The highest BCUT2D eigenvalue weighted by atomic mass is 19.3. The zero-order chi connectivity index (χ0) is 21.2. The Labute approximate surface area is 164 Å². The predicted octanol–water partition coefficient (Wildman–Crippen LogP) is 2.80. The summed E-state index contributed by atoms with van der Waals surface area (Å²) in [6.45, 7) is -1.49. The van der Waals surface area contributed by atoms with E-state index in [0.29, 0.717) is 16.1 Å². The number of imide groups is 1. The summed E-state index contributed by atoms with van der Waals surface area (Å²) in [5.41, 5.74) is -0.622. The quantitative estimate of drug-likeness (QED) is 0.569. The highest BCUT2D eigenvalue weighted by molar-refractivity contribution is 6.07. The van der Waals surface area contributed by atoms with Gasteiger partial charge in [-0.3, -0.25) is 4.79 Å². The van der Waals surface area contributed by atoms with Crippen molar-refractivity contribution in [1.29, 1.82) is 0 Å². The van der Waals surface area contributed by atoms with Gasteiger partial charge in [-0.25, -0.2) is 4.79 Å². The number of hydrogen-bond acceptors (Lipinski definition) is 6. The molecule has 0 radical (unpaired) electrons. The minimum Gasteiger partial charge on any atom is -0.504 e. The first kappa shape index (κ1) is 20.1. The summed E-state index contributed by atoms with van der Waals surface area (Å²) in [5, 5.41) is 16.9. The number of hydrazone groups is 1. The number of nitrogens with zero attached hydrogens (tertiary/aromatic N) is 2. The molecule has 0 aromatic heterocycles. The molecule has 152 valence electrons. The van der Waals surface area contributed by atoms with Gasteiger partial charge in [-0.1, -0.05) is 12.1 Å². The third kappa shape index (κ3) is 3.96. The summed E-state index contributed by atoms with van der Waals surface area (Å²) in [5.74, 6) is -0.578. The van der Waals surface area contributed by atoms with Gasteiger partial charge in [0.05, 0.1) is 13.3 Å². The average Bonchev–Trinajstić information content (AvgIpc) is 2.89. The van der Waals surface area contributed by atoms with Gasteiger partial charge in [-0.05, 0) is 48.4 Å². The lowest BCUT2D eigenvalue weighted by Crippen LogP contribution is -2.40. The molecule has 2 aromatic carbocycles. The smallest absolute Gasteiger partial charge is 0.387 e. The zero-order valence-electron chi connectivity index (χ0n) is 15.4. The van der Waals surface area contributed by atoms with Crippen LogP contribution in [0.5, 0.6) is 17.2 Å². The lowest BCUT2D eigenvalue weighted by atomic mass is 9.92. The second-order valence-corrected chi connectivity index (χ2v) is 6.25. The topological polar surface area (TPSA) is 100 Å². The number of rotatable bonds is 6. The number of hydrogen-bond donors (Lipinski definition) is 2. The van der Waals surface area contributed by atoms with E-state index in [1.165, 1.54) is 56.6 Å². The fourth-order valence-corrected chi connectivity index (χ4v) is 2.81. The average molecular weight is 405 g/mol. The van der Waals surface area contributed by atoms with Crippen molar-refractivity contribution < 1.29 is 33.0 Å². The molecular formula is C19H17F2N3O5. The number of aromatic hydroxyl groups is 1.